The van der Waals surface area contributed by atoms with Gasteiger partial charge in [-0.1, -0.05) is 0 Å². The fraction of sp³-hybridized carbons (Fsp3) is 0.583. The second-order valence-corrected chi connectivity index (χ2v) is 5.12. The van der Waals surface area contributed by atoms with Gasteiger partial charge in [-0.2, -0.15) is 11.8 Å². The number of carboxylic acids is 1. The summed E-state index contributed by atoms with van der Waals surface area (Å²) in [6.45, 7) is 4.46. The van der Waals surface area contributed by atoms with Gasteiger partial charge < -0.3 is 9.52 Å². The molecule has 0 saturated carbocycles. The number of aryl methyl sites for hydroxylation is 1. The SMILES string of the molecule is CSCC(C)N(C)Cc1cc(C(=O)O)c(C)o1. The summed E-state index contributed by atoms with van der Waals surface area (Å²) in [6.07, 6.45) is 2.07. The first-order chi connectivity index (χ1) is 7.95. The highest BCUT2D eigenvalue weighted by Gasteiger charge is 2.16. The predicted octanol–water partition coefficient (Wildman–Crippen LogP) is 2.47. The molecule has 1 unspecified atom stereocenters. The third-order valence-corrected chi connectivity index (χ3v) is 3.58. The molecule has 0 bridgehead atoms. The van der Waals surface area contributed by atoms with Crippen LogP contribution < -0.4 is 0 Å². The van der Waals surface area contributed by atoms with E-state index in [1.54, 1.807) is 24.8 Å². The van der Waals surface area contributed by atoms with Crippen LogP contribution in [0.4, 0.5) is 0 Å². The van der Waals surface area contributed by atoms with Crippen LogP contribution in [-0.2, 0) is 6.54 Å². The van der Waals surface area contributed by atoms with Gasteiger partial charge in [-0.25, -0.2) is 4.79 Å². The quantitative estimate of drug-likeness (QED) is 0.848. The van der Waals surface area contributed by atoms with Gasteiger partial charge in [0.25, 0.3) is 0 Å². The van der Waals surface area contributed by atoms with E-state index in [4.69, 9.17) is 9.52 Å². The van der Waals surface area contributed by atoms with Crippen LogP contribution in [0.3, 0.4) is 0 Å². The van der Waals surface area contributed by atoms with Crippen molar-refractivity contribution in [1.82, 2.24) is 4.90 Å². The molecule has 1 rings (SSSR count). The van der Waals surface area contributed by atoms with Gasteiger partial charge in [0.1, 0.15) is 17.1 Å². The fourth-order valence-corrected chi connectivity index (χ4v) is 2.34. The fourth-order valence-electron chi connectivity index (χ4n) is 1.60. The van der Waals surface area contributed by atoms with Crippen LogP contribution in [0.2, 0.25) is 0 Å². The molecule has 0 aliphatic heterocycles. The monoisotopic (exact) mass is 257 g/mol. The Balaban J connectivity index is 2.69. The number of carboxylic acid groups (broad SMARTS) is 1. The van der Waals surface area contributed by atoms with E-state index in [-0.39, 0.29) is 5.56 Å². The average Bonchev–Trinajstić information content (AvgIpc) is 2.59. The Morgan fingerprint density at radius 2 is 2.29 bits per heavy atom. The summed E-state index contributed by atoms with van der Waals surface area (Å²) in [5.74, 6) is 1.29. The molecule has 0 radical (unpaired) electrons. The first-order valence-electron chi connectivity index (χ1n) is 5.47. The van der Waals surface area contributed by atoms with Gasteiger partial charge in [0, 0.05) is 11.8 Å². The highest BCUT2D eigenvalue weighted by molar-refractivity contribution is 7.98. The van der Waals surface area contributed by atoms with Crippen LogP contribution >= 0.6 is 11.8 Å². The van der Waals surface area contributed by atoms with E-state index in [0.717, 1.165) is 5.75 Å². The number of nitrogens with zero attached hydrogens (tertiary/aromatic N) is 1. The highest BCUT2D eigenvalue weighted by atomic mass is 32.2. The van der Waals surface area contributed by atoms with E-state index < -0.39 is 5.97 Å². The van der Waals surface area contributed by atoms with Crippen molar-refractivity contribution in [3.05, 3.63) is 23.2 Å². The molecule has 0 spiro atoms. The Labute approximate surface area is 106 Å². The van der Waals surface area contributed by atoms with Crippen molar-refractivity contribution in [2.45, 2.75) is 26.4 Å². The van der Waals surface area contributed by atoms with E-state index in [2.05, 4.69) is 18.1 Å². The molecule has 1 aromatic heterocycles. The molecular formula is C12H19NO3S. The minimum absolute atomic E-state index is 0.255. The minimum atomic E-state index is -0.933. The van der Waals surface area contributed by atoms with Crippen LogP contribution in [0.1, 0.15) is 28.8 Å². The summed E-state index contributed by atoms with van der Waals surface area (Å²) < 4.78 is 5.45. The van der Waals surface area contributed by atoms with Gasteiger partial charge in [0.05, 0.1) is 6.54 Å². The third kappa shape index (κ3) is 3.78. The number of thioether (sulfide) groups is 1. The van der Waals surface area contributed by atoms with Gasteiger partial charge >= 0.3 is 5.97 Å². The molecule has 1 heterocycles. The van der Waals surface area contributed by atoms with Crippen LogP contribution in [0.5, 0.6) is 0 Å². The number of rotatable bonds is 6. The van der Waals surface area contributed by atoms with Crippen molar-refractivity contribution >= 4 is 17.7 Å². The molecule has 4 nitrogen and oxygen atoms in total. The zero-order valence-corrected chi connectivity index (χ0v) is 11.5. The van der Waals surface area contributed by atoms with Crippen molar-refractivity contribution < 1.29 is 14.3 Å². The molecule has 17 heavy (non-hydrogen) atoms. The Bertz CT molecular complexity index is 389. The third-order valence-electron chi connectivity index (χ3n) is 2.76. The zero-order valence-electron chi connectivity index (χ0n) is 10.7. The molecule has 0 saturated heterocycles. The molecule has 0 aliphatic carbocycles. The van der Waals surface area contributed by atoms with Gasteiger partial charge in [0.2, 0.25) is 0 Å². The van der Waals surface area contributed by atoms with Crippen molar-refractivity contribution in [2.75, 3.05) is 19.1 Å². The first-order valence-corrected chi connectivity index (χ1v) is 6.86. The number of hydrogen-bond acceptors (Lipinski definition) is 4. The van der Waals surface area contributed by atoms with Crippen LogP contribution in [0.15, 0.2) is 10.5 Å². The lowest BCUT2D eigenvalue weighted by molar-refractivity contribution is 0.0695. The number of carbonyl (C=O) groups is 1. The number of furan rings is 1. The summed E-state index contributed by atoms with van der Waals surface area (Å²) in [5, 5.41) is 8.93. The molecule has 1 aromatic rings. The molecule has 1 N–H and O–H groups in total. The van der Waals surface area contributed by atoms with Crippen molar-refractivity contribution in [3.63, 3.8) is 0 Å². The van der Waals surface area contributed by atoms with Gasteiger partial charge in [-0.05, 0) is 33.2 Å². The second-order valence-electron chi connectivity index (χ2n) is 4.21. The van der Waals surface area contributed by atoms with E-state index in [9.17, 15) is 4.79 Å². The van der Waals surface area contributed by atoms with Crippen LogP contribution in [0, 0.1) is 6.92 Å². The average molecular weight is 257 g/mol. The lowest BCUT2D eigenvalue weighted by atomic mass is 10.2. The highest BCUT2D eigenvalue weighted by Crippen LogP contribution is 2.17. The summed E-state index contributed by atoms with van der Waals surface area (Å²) in [7, 11) is 2.01. The second kappa shape index (κ2) is 6.12. The molecule has 96 valence electrons. The Hall–Kier alpha value is -0.940. The zero-order chi connectivity index (χ0) is 13.0. The Kier molecular flexibility index (Phi) is 5.08. The molecule has 0 aromatic carbocycles. The summed E-state index contributed by atoms with van der Waals surface area (Å²) in [4.78, 5) is 13.0. The lowest BCUT2D eigenvalue weighted by Gasteiger charge is -2.22. The van der Waals surface area contributed by atoms with E-state index in [1.807, 2.05) is 7.05 Å². The molecule has 0 fully saturated rings. The van der Waals surface area contributed by atoms with E-state index >= 15 is 0 Å². The molecule has 5 heteroatoms. The largest absolute Gasteiger partial charge is 0.478 e. The van der Waals surface area contributed by atoms with E-state index in [1.165, 1.54) is 0 Å². The maximum atomic E-state index is 10.9. The molecule has 1 atom stereocenters. The topological polar surface area (TPSA) is 53.7 Å². The molecular weight excluding hydrogens is 238 g/mol. The van der Waals surface area contributed by atoms with Crippen molar-refractivity contribution in [2.24, 2.45) is 0 Å². The van der Waals surface area contributed by atoms with Gasteiger partial charge in [-0.3, -0.25) is 4.90 Å². The minimum Gasteiger partial charge on any atom is -0.478 e. The predicted molar refractivity (Wildman–Crippen MR) is 69.7 cm³/mol. The summed E-state index contributed by atoms with van der Waals surface area (Å²) in [6, 6.07) is 2.05. The maximum absolute atomic E-state index is 10.9. The molecule has 0 amide bonds. The number of aromatic carboxylic acids is 1. The van der Waals surface area contributed by atoms with Crippen LogP contribution in [-0.4, -0.2) is 41.1 Å². The molecule has 0 aliphatic rings. The van der Waals surface area contributed by atoms with Crippen molar-refractivity contribution in [1.29, 1.82) is 0 Å². The summed E-state index contributed by atoms with van der Waals surface area (Å²) >= 11 is 1.80. The van der Waals surface area contributed by atoms with Gasteiger partial charge in [-0.15, -0.1) is 0 Å². The van der Waals surface area contributed by atoms with Crippen LogP contribution in [0.25, 0.3) is 0 Å². The Morgan fingerprint density at radius 1 is 1.65 bits per heavy atom. The Morgan fingerprint density at radius 3 is 2.76 bits per heavy atom. The first kappa shape index (κ1) is 14.1. The lowest BCUT2D eigenvalue weighted by Crippen LogP contribution is -2.30. The number of hydrogen-bond donors (Lipinski definition) is 1. The summed E-state index contributed by atoms with van der Waals surface area (Å²) in [5.41, 5.74) is 0.255. The smallest absolute Gasteiger partial charge is 0.339 e. The normalized spacial score (nSPS) is 13.0. The van der Waals surface area contributed by atoms with Gasteiger partial charge in [0.15, 0.2) is 0 Å². The van der Waals surface area contributed by atoms with E-state index in [0.29, 0.717) is 24.1 Å². The maximum Gasteiger partial charge on any atom is 0.339 e. The standard InChI is InChI=1S/C12H19NO3S/c1-8(7-17-4)13(3)6-10-5-11(12(14)15)9(2)16-10/h5,8H,6-7H2,1-4H3,(H,14,15). The van der Waals surface area contributed by atoms with Crippen molar-refractivity contribution in [3.8, 4) is 0 Å².